The van der Waals surface area contributed by atoms with Gasteiger partial charge >= 0.3 is 5.69 Å². The molecule has 1 atom stereocenters. The first-order valence-corrected chi connectivity index (χ1v) is 5.20. The quantitative estimate of drug-likeness (QED) is 0.628. The zero-order chi connectivity index (χ0) is 12.5. The molecule has 1 aromatic rings. The van der Waals surface area contributed by atoms with E-state index in [2.05, 4.69) is 4.98 Å². The molecule has 0 aromatic carbocycles. The van der Waals surface area contributed by atoms with Gasteiger partial charge < -0.3 is 10.0 Å². The van der Waals surface area contributed by atoms with E-state index in [1.54, 1.807) is 0 Å². The minimum Gasteiger partial charge on any atom is -0.393 e. The van der Waals surface area contributed by atoms with E-state index in [1.165, 1.54) is 23.2 Å². The molecule has 1 aliphatic rings. The smallest absolute Gasteiger partial charge is 0.311 e. The van der Waals surface area contributed by atoms with Crippen LogP contribution in [0.4, 0.5) is 15.9 Å². The van der Waals surface area contributed by atoms with Gasteiger partial charge in [-0.3, -0.25) is 10.1 Å². The Morgan fingerprint density at radius 3 is 3.06 bits per heavy atom. The maximum Gasteiger partial charge on any atom is 0.311 e. The molecule has 1 saturated heterocycles. The summed E-state index contributed by atoms with van der Waals surface area (Å²) in [7, 11) is 0. The number of aliphatic hydroxyl groups excluding tert-OH is 1. The Bertz CT molecular complexity index is 443. The zero-order valence-corrected chi connectivity index (χ0v) is 9.04. The van der Waals surface area contributed by atoms with Crippen molar-refractivity contribution in [1.82, 2.24) is 4.98 Å². The highest BCUT2D eigenvalue weighted by molar-refractivity contribution is 5.58. The summed E-state index contributed by atoms with van der Waals surface area (Å²) in [6.45, 7) is -0.333. The van der Waals surface area contributed by atoms with E-state index in [9.17, 15) is 14.5 Å². The summed E-state index contributed by atoms with van der Waals surface area (Å²) >= 11 is 0. The summed E-state index contributed by atoms with van der Waals surface area (Å²) in [6.07, 6.45) is 1.58. The molecule has 92 valence electrons. The third-order valence-electron chi connectivity index (χ3n) is 2.85. The molecule has 1 N–H and O–H groups in total. The van der Waals surface area contributed by atoms with Gasteiger partial charge in [0.15, 0.2) is 5.67 Å². The van der Waals surface area contributed by atoms with E-state index in [0.717, 1.165) is 0 Å². The fraction of sp³-hybridized carbons (Fsp3) is 0.500. The number of pyridine rings is 1. The van der Waals surface area contributed by atoms with Crippen molar-refractivity contribution in [3.05, 3.63) is 28.4 Å². The molecule has 0 saturated carbocycles. The van der Waals surface area contributed by atoms with E-state index >= 15 is 0 Å². The Kier molecular flexibility index (Phi) is 2.93. The van der Waals surface area contributed by atoms with Crippen LogP contribution in [-0.4, -0.2) is 40.4 Å². The molecule has 1 aliphatic heterocycles. The third-order valence-corrected chi connectivity index (χ3v) is 2.85. The summed E-state index contributed by atoms with van der Waals surface area (Å²) in [5.74, 6) is 0.158. The lowest BCUT2D eigenvalue weighted by Crippen LogP contribution is -2.32. The Morgan fingerprint density at radius 1 is 1.71 bits per heavy atom. The number of halogens is 1. The molecule has 0 amide bonds. The van der Waals surface area contributed by atoms with Crippen LogP contribution < -0.4 is 4.90 Å². The van der Waals surface area contributed by atoms with Gasteiger partial charge in [0.25, 0.3) is 0 Å². The summed E-state index contributed by atoms with van der Waals surface area (Å²) in [5.41, 5.74) is -1.83. The lowest BCUT2D eigenvalue weighted by Gasteiger charge is -2.19. The lowest BCUT2D eigenvalue weighted by atomic mass is 10.1. The van der Waals surface area contributed by atoms with Crippen LogP contribution in [0.2, 0.25) is 0 Å². The number of hydrogen-bond donors (Lipinski definition) is 1. The Labute approximate surface area is 96.8 Å². The molecule has 1 fully saturated rings. The van der Waals surface area contributed by atoms with Crippen molar-refractivity contribution in [2.45, 2.75) is 12.1 Å². The van der Waals surface area contributed by atoms with Gasteiger partial charge in [0, 0.05) is 25.2 Å². The van der Waals surface area contributed by atoms with E-state index in [-0.39, 0.29) is 24.5 Å². The summed E-state index contributed by atoms with van der Waals surface area (Å²) < 4.78 is 13.8. The van der Waals surface area contributed by atoms with Gasteiger partial charge in [-0.15, -0.1) is 0 Å². The van der Waals surface area contributed by atoms with Crippen LogP contribution in [0.15, 0.2) is 18.3 Å². The van der Waals surface area contributed by atoms with E-state index in [0.29, 0.717) is 6.54 Å². The highest BCUT2D eigenvalue weighted by Gasteiger charge is 2.40. The lowest BCUT2D eigenvalue weighted by molar-refractivity contribution is -0.384. The highest BCUT2D eigenvalue weighted by atomic mass is 19.1. The molecule has 6 nitrogen and oxygen atoms in total. The predicted molar refractivity (Wildman–Crippen MR) is 58.6 cm³/mol. The zero-order valence-electron chi connectivity index (χ0n) is 9.04. The van der Waals surface area contributed by atoms with Gasteiger partial charge in [-0.2, -0.15) is 0 Å². The number of aliphatic hydroxyl groups is 1. The van der Waals surface area contributed by atoms with E-state index in [1.807, 2.05) is 0 Å². The average molecular weight is 241 g/mol. The van der Waals surface area contributed by atoms with Crippen molar-refractivity contribution in [1.29, 1.82) is 0 Å². The van der Waals surface area contributed by atoms with Crippen molar-refractivity contribution in [3.8, 4) is 0 Å². The van der Waals surface area contributed by atoms with Crippen LogP contribution in [-0.2, 0) is 0 Å². The number of aromatic nitrogens is 1. The first-order chi connectivity index (χ1) is 8.06. The first kappa shape index (κ1) is 11.7. The molecule has 0 aliphatic carbocycles. The molecule has 17 heavy (non-hydrogen) atoms. The van der Waals surface area contributed by atoms with Crippen molar-refractivity contribution >= 4 is 11.5 Å². The molecule has 2 rings (SSSR count). The number of hydrogen-bond acceptors (Lipinski definition) is 5. The van der Waals surface area contributed by atoms with Crippen molar-refractivity contribution in [3.63, 3.8) is 0 Å². The second-order valence-corrected chi connectivity index (χ2v) is 4.08. The van der Waals surface area contributed by atoms with E-state index in [4.69, 9.17) is 5.11 Å². The minimum atomic E-state index is -1.69. The number of nitrogens with zero attached hydrogens (tertiary/aromatic N) is 3. The van der Waals surface area contributed by atoms with Crippen LogP contribution in [0, 0.1) is 10.1 Å². The minimum absolute atomic E-state index is 0.0681. The maximum atomic E-state index is 13.8. The molecule has 0 unspecified atom stereocenters. The fourth-order valence-corrected chi connectivity index (χ4v) is 1.92. The van der Waals surface area contributed by atoms with Crippen LogP contribution in [0.3, 0.4) is 0 Å². The van der Waals surface area contributed by atoms with Gasteiger partial charge in [0.2, 0.25) is 5.82 Å². The van der Waals surface area contributed by atoms with Gasteiger partial charge in [0.1, 0.15) is 0 Å². The number of nitro groups is 1. The summed E-state index contributed by atoms with van der Waals surface area (Å²) in [6, 6.07) is 2.80. The predicted octanol–water partition coefficient (Wildman–Crippen LogP) is 0.900. The molecule has 7 heteroatoms. The normalized spacial score (nSPS) is 24.0. The second kappa shape index (κ2) is 4.25. The molecule has 2 heterocycles. The molecule has 0 bridgehead atoms. The highest BCUT2D eigenvalue weighted by Crippen LogP contribution is 2.32. The van der Waals surface area contributed by atoms with Crippen molar-refractivity contribution in [2.75, 3.05) is 24.6 Å². The second-order valence-electron chi connectivity index (χ2n) is 4.08. The van der Waals surface area contributed by atoms with Crippen molar-refractivity contribution < 1.29 is 14.4 Å². The molecular formula is C10H12FN3O3. The molecule has 1 aromatic heterocycles. The molecule has 0 radical (unpaired) electrons. The summed E-state index contributed by atoms with van der Waals surface area (Å²) in [4.78, 5) is 15.7. The van der Waals surface area contributed by atoms with E-state index < -0.39 is 17.2 Å². The standard InChI is InChI=1S/C10H12FN3O3/c11-10(7-15)3-5-13(6-10)9-8(14(16)17)2-1-4-12-9/h1-2,4,15H,3,5-7H2/t10-/m0/s1. The maximum absolute atomic E-state index is 13.8. The fourth-order valence-electron chi connectivity index (χ4n) is 1.92. The number of alkyl halides is 1. The van der Waals surface area contributed by atoms with Crippen LogP contribution in [0.1, 0.15) is 6.42 Å². The molecule has 0 spiro atoms. The Morgan fingerprint density at radius 2 is 2.47 bits per heavy atom. The number of rotatable bonds is 3. The van der Waals surface area contributed by atoms with Gasteiger partial charge in [-0.25, -0.2) is 9.37 Å². The Hall–Kier alpha value is -1.76. The Balaban J connectivity index is 2.27. The SMILES string of the molecule is O=[N+]([O-])c1cccnc1N1CC[C@@](F)(CO)C1. The number of anilines is 1. The van der Waals surface area contributed by atoms with Crippen LogP contribution in [0.5, 0.6) is 0 Å². The topological polar surface area (TPSA) is 79.5 Å². The van der Waals surface area contributed by atoms with Gasteiger partial charge in [0.05, 0.1) is 18.1 Å². The largest absolute Gasteiger partial charge is 0.393 e. The van der Waals surface area contributed by atoms with Gasteiger partial charge in [-0.1, -0.05) is 0 Å². The van der Waals surface area contributed by atoms with Crippen molar-refractivity contribution in [2.24, 2.45) is 0 Å². The van der Waals surface area contributed by atoms with Crippen LogP contribution >= 0.6 is 0 Å². The van der Waals surface area contributed by atoms with Crippen LogP contribution in [0.25, 0.3) is 0 Å². The summed E-state index contributed by atoms with van der Waals surface area (Å²) in [5, 5.41) is 19.7. The monoisotopic (exact) mass is 241 g/mol. The first-order valence-electron chi connectivity index (χ1n) is 5.20. The van der Waals surface area contributed by atoms with Gasteiger partial charge in [-0.05, 0) is 6.07 Å². The molecular weight excluding hydrogens is 229 g/mol. The average Bonchev–Trinajstić information content (AvgIpc) is 2.73. The third kappa shape index (κ3) is 2.19.